The number of hydrogen-bond donors (Lipinski definition) is 2. The second-order valence-electron chi connectivity index (χ2n) is 7.66. The molecule has 2 bridgehead atoms. The third-order valence-electron chi connectivity index (χ3n) is 6.17. The van der Waals surface area contributed by atoms with E-state index in [2.05, 4.69) is 5.32 Å². The van der Waals surface area contributed by atoms with Crippen LogP contribution in [0.1, 0.15) is 24.4 Å². The second-order valence-corrected chi connectivity index (χ2v) is 8.09. The summed E-state index contributed by atoms with van der Waals surface area (Å²) in [7, 11) is 1.72. The van der Waals surface area contributed by atoms with E-state index in [4.69, 9.17) is 11.6 Å². The van der Waals surface area contributed by atoms with E-state index in [0.29, 0.717) is 11.4 Å². The lowest BCUT2D eigenvalue weighted by Gasteiger charge is -2.29. The number of hydrogen-bond acceptors (Lipinski definition) is 3. The summed E-state index contributed by atoms with van der Waals surface area (Å²) in [6.45, 7) is 0. The van der Waals surface area contributed by atoms with Gasteiger partial charge >= 0.3 is 5.97 Å². The summed E-state index contributed by atoms with van der Waals surface area (Å²) in [4.78, 5) is 38.6. The van der Waals surface area contributed by atoms with Crippen molar-refractivity contribution in [3.05, 3.63) is 47.0 Å². The summed E-state index contributed by atoms with van der Waals surface area (Å²) in [5.41, 5.74) is 0.890. The maximum absolute atomic E-state index is 13.0. The predicted octanol–water partition coefficient (Wildman–Crippen LogP) is 2.25. The predicted molar refractivity (Wildman–Crippen MR) is 98.9 cm³/mol. The lowest BCUT2D eigenvalue weighted by atomic mass is 9.82. The van der Waals surface area contributed by atoms with Crippen LogP contribution in [0.25, 0.3) is 0 Å². The van der Waals surface area contributed by atoms with Crippen molar-refractivity contribution in [2.75, 3.05) is 7.05 Å². The Morgan fingerprint density at radius 2 is 1.78 bits per heavy atom. The molecule has 27 heavy (non-hydrogen) atoms. The van der Waals surface area contributed by atoms with Gasteiger partial charge in [0.1, 0.15) is 0 Å². The molecule has 1 saturated carbocycles. The van der Waals surface area contributed by atoms with Crippen LogP contribution in [0.3, 0.4) is 0 Å². The van der Waals surface area contributed by atoms with Crippen LogP contribution in [0.5, 0.6) is 0 Å². The quantitative estimate of drug-likeness (QED) is 0.774. The van der Waals surface area contributed by atoms with Gasteiger partial charge < -0.3 is 15.3 Å². The first-order valence-electron chi connectivity index (χ1n) is 9.09. The number of benzene rings is 1. The Balaban J connectivity index is 1.56. The van der Waals surface area contributed by atoms with Gasteiger partial charge in [0.15, 0.2) is 0 Å². The molecule has 0 aromatic heterocycles. The van der Waals surface area contributed by atoms with Gasteiger partial charge in [0.25, 0.3) is 0 Å². The van der Waals surface area contributed by atoms with Gasteiger partial charge in [-0.25, -0.2) is 0 Å². The Morgan fingerprint density at radius 3 is 2.41 bits per heavy atom. The van der Waals surface area contributed by atoms with E-state index in [1.807, 2.05) is 24.3 Å². The molecule has 2 amide bonds. The van der Waals surface area contributed by atoms with E-state index in [1.54, 1.807) is 24.1 Å². The maximum atomic E-state index is 13.0. The van der Waals surface area contributed by atoms with Crippen LogP contribution >= 0.6 is 11.6 Å². The second kappa shape index (κ2) is 6.68. The third-order valence-corrected chi connectivity index (χ3v) is 6.42. The van der Waals surface area contributed by atoms with E-state index in [-0.39, 0.29) is 36.1 Å². The van der Waals surface area contributed by atoms with Crippen LogP contribution in [0.4, 0.5) is 0 Å². The normalized spacial score (nSPS) is 34.3. The molecule has 3 aliphatic rings. The summed E-state index contributed by atoms with van der Waals surface area (Å²) in [5, 5.41) is 13.2. The Kier molecular flexibility index (Phi) is 4.46. The van der Waals surface area contributed by atoms with Crippen molar-refractivity contribution in [3.63, 3.8) is 0 Å². The number of rotatable bonds is 4. The lowest BCUT2D eigenvalue weighted by Crippen LogP contribution is -2.46. The first-order chi connectivity index (χ1) is 12.9. The number of carbonyl (C=O) groups is 3. The Morgan fingerprint density at radius 1 is 1.15 bits per heavy atom. The fourth-order valence-corrected chi connectivity index (χ4v) is 5.04. The number of nitrogens with zero attached hydrogens (tertiary/aromatic N) is 1. The van der Waals surface area contributed by atoms with Crippen molar-refractivity contribution in [2.45, 2.75) is 24.9 Å². The van der Waals surface area contributed by atoms with Crippen LogP contribution in [0.15, 0.2) is 36.4 Å². The maximum Gasteiger partial charge on any atom is 0.307 e. The zero-order valence-electron chi connectivity index (χ0n) is 14.8. The summed E-state index contributed by atoms with van der Waals surface area (Å²) < 4.78 is 0. The van der Waals surface area contributed by atoms with Gasteiger partial charge in [-0.3, -0.25) is 14.4 Å². The minimum absolute atomic E-state index is 0.0417. The fourth-order valence-electron chi connectivity index (χ4n) is 4.91. The summed E-state index contributed by atoms with van der Waals surface area (Å²) >= 11 is 5.96. The molecule has 2 fully saturated rings. The van der Waals surface area contributed by atoms with E-state index >= 15 is 0 Å². The molecule has 0 radical (unpaired) electrons. The molecule has 2 N–H and O–H groups in total. The molecular weight excluding hydrogens is 368 g/mol. The van der Waals surface area contributed by atoms with Crippen molar-refractivity contribution in [2.24, 2.45) is 23.7 Å². The number of allylic oxidation sites excluding steroid dienone is 2. The minimum atomic E-state index is -0.930. The molecule has 1 aliphatic heterocycles. The SMILES string of the molecule is CN1C(=O)CC(NC(=O)C2C3C=CC(C3)C2C(=O)O)C1c1ccc(Cl)cc1. The minimum Gasteiger partial charge on any atom is -0.481 e. The number of likely N-dealkylation sites (N-methyl/N-ethyl adjacent to an activating group) is 1. The summed E-state index contributed by atoms with van der Waals surface area (Å²) in [6.07, 6.45) is 4.77. The number of carbonyl (C=O) groups excluding carboxylic acids is 2. The van der Waals surface area contributed by atoms with E-state index in [9.17, 15) is 19.5 Å². The first kappa shape index (κ1) is 18.0. The Hall–Kier alpha value is -2.34. The number of nitrogens with one attached hydrogen (secondary N) is 1. The largest absolute Gasteiger partial charge is 0.481 e. The van der Waals surface area contributed by atoms with Crippen LogP contribution < -0.4 is 5.32 Å². The van der Waals surface area contributed by atoms with Crippen LogP contribution in [0.2, 0.25) is 5.02 Å². The first-order valence-corrected chi connectivity index (χ1v) is 9.47. The highest BCUT2D eigenvalue weighted by molar-refractivity contribution is 6.30. The zero-order valence-corrected chi connectivity index (χ0v) is 15.6. The third kappa shape index (κ3) is 3.02. The van der Waals surface area contributed by atoms with Gasteiger partial charge in [0, 0.05) is 18.5 Å². The van der Waals surface area contributed by atoms with Gasteiger partial charge in [0.2, 0.25) is 11.8 Å². The number of halogens is 1. The van der Waals surface area contributed by atoms with Crippen molar-refractivity contribution < 1.29 is 19.5 Å². The molecule has 6 unspecified atom stereocenters. The number of carboxylic acid groups (broad SMARTS) is 1. The van der Waals surface area contributed by atoms with Crippen LogP contribution in [-0.4, -0.2) is 40.9 Å². The molecule has 7 heteroatoms. The summed E-state index contributed by atoms with van der Waals surface area (Å²) in [6, 6.07) is 6.52. The molecule has 0 spiro atoms. The average molecular weight is 389 g/mol. The topological polar surface area (TPSA) is 86.7 Å². The van der Waals surface area contributed by atoms with Crippen molar-refractivity contribution >= 4 is 29.4 Å². The van der Waals surface area contributed by atoms with Crippen molar-refractivity contribution in [1.29, 1.82) is 0 Å². The zero-order chi connectivity index (χ0) is 19.3. The van der Waals surface area contributed by atoms with Crippen molar-refractivity contribution in [1.82, 2.24) is 10.2 Å². The van der Waals surface area contributed by atoms with Gasteiger partial charge in [-0.15, -0.1) is 0 Å². The van der Waals surface area contributed by atoms with Crippen molar-refractivity contribution in [3.8, 4) is 0 Å². The van der Waals surface area contributed by atoms with Gasteiger partial charge in [0.05, 0.1) is 23.9 Å². The van der Waals surface area contributed by atoms with Gasteiger partial charge in [-0.2, -0.15) is 0 Å². The van der Waals surface area contributed by atoms with E-state index < -0.39 is 23.8 Å². The summed E-state index contributed by atoms with van der Waals surface area (Å²) in [5.74, 6) is -2.65. The Bertz CT molecular complexity index is 822. The molecule has 1 saturated heterocycles. The monoisotopic (exact) mass is 388 g/mol. The average Bonchev–Trinajstić information content (AvgIpc) is 3.30. The molecular formula is C20H21ClN2O4. The van der Waals surface area contributed by atoms with Gasteiger partial charge in [-0.1, -0.05) is 35.9 Å². The van der Waals surface area contributed by atoms with E-state index in [1.165, 1.54) is 0 Å². The van der Waals surface area contributed by atoms with E-state index in [0.717, 1.165) is 5.56 Å². The number of amides is 2. The van der Waals surface area contributed by atoms with Crippen LogP contribution in [-0.2, 0) is 14.4 Å². The molecule has 6 atom stereocenters. The molecule has 4 rings (SSSR count). The molecule has 142 valence electrons. The Labute approximate surface area is 162 Å². The highest BCUT2D eigenvalue weighted by atomic mass is 35.5. The number of fused-ring (bicyclic) bond motifs is 2. The molecule has 1 aromatic rings. The molecule has 1 heterocycles. The smallest absolute Gasteiger partial charge is 0.307 e. The van der Waals surface area contributed by atoms with Crippen LogP contribution in [0, 0.1) is 23.7 Å². The number of carboxylic acids is 1. The standard InChI is InChI=1S/C20H21ClN2O4/c1-23-15(24)9-14(18(23)10-4-6-13(21)7-5-10)22-19(25)16-11-2-3-12(8-11)17(16)20(26)27/h2-7,11-12,14,16-18H,8-9H2,1H3,(H,22,25)(H,26,27). The lowest BCUT2D eigenvalue weighted by molar-refractivity contribution is -0.148. The highest BCUT2D eigenvalue weighted by Crippen LogP contribution is 2.48. The fraction of sp³-hybridized carbons (Fsp3) is 0.450. The highest BCUT2D eigenvalue weighted by Gasteiger charge is 2.52. The molecule has 6 nitrogen and oxygen atoms in total. The molecule has 2 aliphatic carbocycles. The number of aliphatic carboxylic acids is 1. The number of likely N-dealkylation sites (tertiary alicyclic amines) is 1. The molecule has 1 aromatic carbocycles. The van der Waals surface area contributed by atoms with Gasteiger partial charge in [-0.05, 0) is 36.0 Å².